The fourth-order valence-corrected chi connectivity index (χ4v) is 2.57. The van der Waals surface area contributed by atoms with Gasteiger partial charge >= 0.3 is 12.4 Å². The molecule has 1 aromatic heterocycles. The minimum absolute atomic E-state index is 0.000578. The summed E-state index contributed by atoms with van der Waals surface area (Å²) in [5.41, 5.74) is -2.37. The number of nitrogens with zero attached hydrogens (tertiary/aromatic N) is 1. The quantitative estimate of drug-likeness (QED) is 0.420. The molecule has 0 aliphatic carbocycles. The van der Waals surface area contributed by atoms with Crippen molar-refractivity contribution in [3.63, 3.8) is 0 Å². The molecule has 0 atom stereocenters. The van der Waals surface area contributed by atoms with Crippen molar-refractivity contribution in [2.75, 3.05) is 0 Å². The summed E-state index contributed by atoms with van der Waals surface area (Å²) in [4.78, 5) is 14.9. The average Bonchev–Trinajstić information content (AvgIpc) is 2.64. The van der Waals surface area contributed by atoms with E-state index in [4.69, 9.17) is 4.74 Å². The lowest BCUT2D eigenvalue weighted by molar-refractivity contribution is -0.143. The molecule has 0 unspecified atom stereocenters. The summed E-state index contributed by atoms with van der Waals surface area (Å²) in [5, 5.41) is 0.627. The summed E-state index contributed by atoms with van der Waals surface area (Å²) >= 11 is 0. The lowest BCUT2D eigenvalue weighted by Gasteiger charge is -2.16. The molecule has 3 rings (SSSR count). The number of aldehydes is 1. The third kappa shape index (κ3) is 4.24. The third-order valence-corrected chi connectivity index (χ3v) is 3.94. The Bertz CT molecular complexity index is 1030. The maximum absolute atomic E-state index is 13.2. The molecule has 3 nitrogen and oxygen atoms in total. The minimum atomic E-state index is -4.97. The molecule has 0 saturated carbocycles. The fraction of sp³-hybridized carbons (Fsp3) is 0.158. The standard InChI is InChI=1S/C19H11F6NO2/c20-18(21,22)14-4-2-13(15(8-14)19(23,24)25)10-28-17-6-3-12-7-11(9-27)1-5-16(12)26-17/h1-9H,10H2. The van der Waals surface area contributed by atoms with Crippen LogP contribution in [0.1, 0.15) is 27.0 Å². The van der Waals surface area contributed by atoms with Gasteiger partial charge < -0.3 is 4.74 Å². The number of carbonyl (C=O) groups excluding carboxylic acids is 1. The molecule has 0 fully saturated rings. The topological polar surface area (TPSA) is 39.2 Å². The number of halogens is 6. The molecule has 0 spiro atoms. The molecule has 28 heavy (non-hydrogen) atoms. The summed E-state index contributed by atoms with van der Waals surface area (Å²) in [6.45, 7) is -0.613. The van der Waals surface area contributed by atoms with E-state index in [1.807, 2.05) is 0 Å². The number of hydrogen-bond donors (Lipinski definition) is 0. The normalized spacial score (nSPS) is 12.2. The molecular weight excluding hydrogens is 388 g/mol. The van der Waals surface area contributed by atoms with Gasteiger partial charge in [0, 0.05) is 22.6 Å². The highest BCUT2D eigenvalue weighted by Gasteiger charge is 2.38. The van der Waals surface area contributed by atoms with Crippen LogP contribution in [0.3, 0.4) is 0 Å². The Balaban J connectivity index is 1.87. The molecular formula is C19H11F6NO2. The van der Waals surface area contributed by atoms with E-state index in [1.54, 1.807) is 18.2 Å². The molecule has 0 saturated heterocycles. The number of fused-ring (bicyclic) bond motifs is 1. The van der Waals surface area contributed by atoms with Crippen molar-refractivity contribution in [2.24, 2.45) is 0 Å². The molecule has 3 aromatic rings. The first-order valence-electron chi connectivity index (χ1n) is 7.84. The van der Waals surface area contributed by atoms with Crippen LogP contribution < -0.4 is 4.74 Å². The second-order valence-electron chi connectivity index (χ2n) is 5.88. The highest BCUT2D eigenvalue weighted by Crippen LogP contribution is 2.37. The number of rotatable bonds is 4. The van der Waals surface area contributed by atoms with Gasteiger partial charge in [-0.3, -0.25) is 4.79 Å². The molecule has 0 aliphatic rings. The second-order valence-corrected chi connectivity index (χ2v) is 5.88. The van der Waals surface area contributed by atoms with E-state index in [2.05, 4.69) is 4.98 Å². The van der Waals surface area contributed by atoms with Gasteiger partial charge in [-0.05, 0) is 36.4 Å². The summed E-state index contributed by atoms with van der Waals surface area (Å²) in [7, 11) is 0. The minimum Gasteiger partial charge on any atom is -0.473 e. The van der Waals surface area contributed by atoms with E-state index in [0.717, 1.165) is 6.07 Å². The largest absolute Gasteiger partial charge is 0.473 e. The highest BCUT2D eigenvalue weighted by molar-refractivity contribution is 5.86. The van der Waals surface area contributed by atoms with Gasteiger partial charge in [0.15, 0.2) is 0 Å². The molecule has 146 valence electrons. The van der Waals surface area contributed by atoms with Gasteiger partial charge in [0.1, 0.15) is 12.9 Å². The van der Waals surface area contributed by atoms with E-state index in [9.17, 15) is 31.1 Å². The zero-order valence-corrected chi connectivity index (χ0v) is 13.9. The van der Waals surface area contributed by atoms with Crippen LogP contribution in [0, 0.1) is 0 Å². The Morgan fingerprint density at radius 3 is 2.29 bits per heavy atom. The van der Waals surface area contributed by atoms with E-state index in [0.29, 0.717) is 28.8 Å². The van der Waals surface area contributed by atoms with Crippen LogP contribution in [-0.2, 0) is 19.0 Å². The van der Waals surface area contributed by atoms with Crippen LogP contribution in [0.5, 0.6) is 5.88 Å². The summed E-state index contributed by atoms with van der Waals surface area (Å²) in [5.74, 6) is -0.000578. The van der Waals surface area contributed by atoms with E-state index >= 15 is 0 Å². The number of hydrogen-bond acceptors (Lipinski definition) is 3. The number of ether oxygens (including phenoxy) is 1. The van der Waals surface area contributed by atoms with Crippen molar-refractivity contribution >= 4 is 17.2 Å². The molecule has 0 N–H and O–H groups in total. The van der Waals surface area contributed by atoms with Crippen molar-refractivity contribution < 1.29 is 35.9 Å². The second kappa shape index (κ2) is 7.14. The van der Waals surface area contributed by atoms with Gasteiger partial charge in [0.25, 0.3) is 0 Å². The van der Waals surface area contributed by atoms with Gasteiger partial charge in [-0.2, -0.15) is 26.3 Å². The van der Waals surface area contributed by atoms with Crippen molar-refractivity contribution in [3.05, 3.63) is 70.8 Å². The predicted octanol–water partition coefficient (Wildman–Crippen LogP) is 5.66. The SMILES string of the molecule is O=Cc1ccc2nc(OCc3ccc(C(F)(F)F)cc3C(F)(F)F)ccc2c1. The van der Waals surface area contributed by atoms with Crippen LogP contribution >= 0.6 is 0 Å². The van der Waals surface area contributed by atoms with E-state index in [-0.39, 0.29) is 11.9 Å². The number of aromatic nitrogens is 1. The van der Waals surface area contributed by atoms with E-state index in [1.165, 1.54) is 12.1 Å². The van der Waals surface area contributed by atoms with Crippen LogP contribution in [0.15, 0.2) is 48.5 Å². The van der Waals surface area contributed by atoms with Gasteiger partial charge in [-0.1, -0.05) is 6.07 Å². The number of carbonyl (C=O) groups is 1. The lowest BCUT2D eigenvalue weighted by Crippen LogP contribution is -2.14. The van der Waals surface area contributed by atoms with Crippen LogP contribution in [0.4, 0.5) is 26.3 Å². The van der Waals surface area contributed by atoms with Crippen LogP contribution in [0.25, 0.3) is 10.9 Å². The smallest absolute Gasteiger partial charge is 0.416 e. The maximum atomic E-state index is 13.2. The van der Waals surface area contributed by atoms with Crippen molar-refractivity contribution in [1.29, 1.82) is 0 Å². The molecule has 2 aromatic carbocycles. The molecule has 1 heterocycles. The number of pyridine rings is 1. The Hall–Kier alpha value is -3.10. The van der Waals surface area contributed by atoms with Crippen molar-refractivity contribution in [1.82, 2.24) is 4.98 Å². The number of alkyl halides is 6. The van der Waals surface area contributed by atoms with Crippen LogP contribution in [0.2, 0.25) is 0 Å². The van der Waals surface area contributed by atoms with Gasteiger partial charge in [0.05, 0.1) is 16.6 Å². The lowest BCUT2D eigenvalue weighted by atomic mass is 10.0. The zero-order chi connectivity index (χ0) is 20.5. The van der Waals surface area contributed by atoms with Gasteiger partial charge in [-0.25, -0.2) is 4.98 Å². The first-order chi connectivity index (χ1) is 13.1. The van der Waals surface area contributed by atoms with Crippen molar-refractivity contribution in [3.8, 4) is 5.88 Å². The van der Waals surface area contributed by atoms with Gasteiger partial charge in [0.2, 0.25) is 5.88 Å². The summed E-state index contributed by atoms with van der Waals surface area (Å²) in [6.07, 6.45) is -9.20. The average molecular weight is 399 g/mol. The summed E-state index contributed by atoms with van der Waals surface area (Å²) < 4.78 is 82.9. The first-order valence-corrected chi connectivity index (χ1v) is 7.84. The van der Waals surface area contributed by atoms with Gasteiger partial charge in [-0.15, -0.1) is 0 Å². The fourth-order valence-electron chi connectivity index (χ4n) is 2.57. The first kappa shape index (κ1) is 19.7. The van der Waals surface area contributed by atoms with Crippen molar-refractivity contribution in [2.45, 2.75) is 19.0 Å². The molecule has 9 heteroatoms. The monoisotopic (exact) mass is 399 g/mol. The molecule has 0 radical (unpaired) electrons. The predicted molar refractivity (Wildman–Crippen MR) is 87.9 cm³/mol. The Kier molecular flexibility index (Phi) is 5.01. The molecule has 0 aliphatic heterocycles. The van der Waals surface area contributed by atoms with Crippen LogP contribution in [-0.4, -0.2) is 11.3 Å². The molecule has 0 bridgehead atoms. The Labute approximate surface area is 154 Å². The summed E-state index contributed by atoms with van der Waals surface area (Å²) in [6, 6.07) is 8.99. The Morgan fingerprint density at radius 1 is 0.893 bits per heavy atom. The third-order valence-electron chi connectivity index (χ3n) is 3.94. The highest BCUT2D eigenvalue weighted by atomic mass is 19.4. The maximum Gasteiger partial charge on any atom is 0.416 e. The number of benzene rings is 2. The zero-order valence-electron chi connectivity index (χ0n) is 13.9. The Morgan fingerprint density at radius 2 is 1.64 bits per heavy atom. The van der Waals surface area contributed by atoms with E-state index < -0.39 is 35.6 Å². The molecule has 0 amide bonds.